The van der Waals surface area contributed by atoms with Crippen molar-refractivity contribution < 1.29 is 9.47 Å². The van der Waals surface area contributed by atoms with Crippen molar-refractivity contribution in [3.8, 4) is 5.75 Å². The number of ether oxygens (including phenoxy) is 2. The van der Waals surface area contributed by atoms with Gasteiger partial charge in [0.2, 0.25) is 5.79 Å². The fourth-order valence-corrected chi connectivity index (χ4v) is 2.15. The lowest BCUT2D eigenvalue weighted by Gasteiger charge is -2.37. The lowest BCUT2D eigenvalue weighted by molar-refractivity contribution is -0.171. The Kier molecular flexibility index (Phi) is 2.03. The Bertz CT molecular complexity index is 389. The molecule has 2 heterocycles. The lowest BCUT2D eigenvalue weighted by Crippen LogP contribution is -2.41. The van der Waals surface area contributed by atoms with Crippen LogP contribution in [0.5, 0.6) is 5.75 Å². The van der Waals surface area contributed by atoms with Gasteiger partial charge in [-0.15, -0.1) is 0 Å². The molecule has 0 aromatic heterocycles. The van der Waals surface area contributed by atoms with Gasteiger partial charge >= 0.3 is 0 Å². The normalized spacial score (nSPS) is 28.5. The third-order valence-electron chi connectivity index (χ3n) is 2.98. The molecule has 2 heteroatoms. The molecular formula is C13H14O2. The average molecular weight is 202 g/mol. The third kappa shape index (κ3) is 1.55. The van der Waals surface area contributed by atoms with Crippen molar-refractivity contribution in [2.75, 3.05) is 6.61 Å². The maximum atomic E-state index is 5.95. The number of para-hydroxylation sites is 1. The molecule has 3 rings (SSSR count). The highest BCUT2D eigenvalue weighted by Crippen LogP contribution is 2.36. The second-order valence-electron chi connectivity index (χ2n) is 4.09. The molecule has 0 bridgehead atoms. The van der Waals surface area contributed by atoms with E-state index in [9.17, 15) is 0 Å². The monoisotopic (exact) mass is 202 g/mol. The van der Waals surface area contributed by atoms with Crippen LogP contribution in [0.25, 0.3) is 6.08 Å². The van der Waals surface area contributed by atoms with Crippen LogP contribution in [0.4, 0.5) is 0 Å². The van der Waals surface area contributed by atoms with E-state index in [1.54, 1.807) is 0 Å². The SMILES string of the molecule is C1=CC2(CCCCO2)Oc2ccccc21. The zero-order chi connectivity index (χ0) is 10.1. The van der Waals surface area contributed by atoms with Crippen LogP contribution in [0.15, 0.2) is 30.3 Å². The van der Waals surface area contributed by atoms with E-state index in [2.05, 4.69) is 18.2 Å². The molecule has 1 saturated heterocycles. The van der Waals surface area contributed by atoms with Gasteiger partial charge in [-0.05, 0) is 31.1 Å². The van der Waals surface area contributed by atoms with E-state index < -0.39 is 5.79 Å². The summed E-state index contributed by atoms with van der Waals surface area (Å²) in [6.45, 7) is 0.798. The number of fused-ring (bicyclic) bond motifs is 1. The van der Waals surface area contributed by atoms with Crippen LogP contribution >= 0.6 is 0 Å². The Morgan fingerprint density at radius 3 is 2.93 bits per heavy atom. The molecule has 1 fully saturated rings. The Hall–Kier alpha value is -1.28. The van der Waals surface area contributed by atoms with Crippen molar-refractivity contribution in [2.45, 2.75) is 25.0 Å². The molecule has 0 radical (unpaired) electrons. The number of hydrogen-bond acceptors (Lipinski definition) is 2. The Morgan fingerprint density at radius 1 is 1.13 bits per heavy atom. The Labute approximate surface area is 89.5 Å². The van der Waals surface area contributed by atoms with Crippen LogP contribution in [-0.2, 0) is 4.74 Å². The van der Waals surface area contributed by atoms with Gasteiger partial charge in [0.1, 0.15) is 5.75 Å². The molecule has 1 unspecified atom stereocenters. The van der Waals surface area contributed by atoms with Gasteiger partial charge in [0, 0.05) is 12.0 Å². The maximum Gasteiger partial charge on any atom is 0.230 e. The minimum atomic E-state index is -0.480. The largest absolute Gasteiger partial charge is 0.458 e. The molecule has 0 N–H and O–H groups in total. The van der Waals surface area contributed by atoms with E-state index in [0.717, 1.165) is 30.8 Å². The highest BCUT2D eigenvalue weighted by molar-refractivity contribution is 5.60. The van der Waals surface area contributed by atoms with Crippen LogP contribution in [0, 0.1) is 0 Å². The maximum absolute atomic E-state index is 5.95. The van der Waals surface area contributed by atoms with E-state index in [1.807, 2.05) is 18.2 Å². The van der Waals surface area contributed by atoms with E-state index >= 15 is 0 Å². The van der Waals surface area contributed by atoms with Crippen molar-refractivity contribution in [3.05, 3.63) is 35.9 Å². The van der Waals surface area contributed by atoms with Gasteiger partial charge in [0.05, 0.1) is 6.61 Å². The predicted molar refractivity (Wildman–Crippen MR) is 58.6 cm³/mol. The van der Waals surface area contributed by atoms with Gasteiger partial charge in [0.15, 0.2) is 0 Å². The summed E-state index contributed by atoms with van der Waals surface area (Å²) in [5, 5.41) is 0. The fraction of sp³-hybridized carbons (Fsp3) is 0.385. The van der Waals surface area contributed by atoms with Gasteiger partial charge in [-0.2, -0.15) is 0 Å². The van der Waals surface area contributed by atoms with E-state index in [1.165, 1.54) is 6.42 Å². The second-order valence-corrected chi connectivity index (χ2v) is 4.09. The van der Waals surface area contributed by atoms with Crippen LogP contribution < -0.4 is 4.74 Å². The summed E-state index contributed by atoms with van der Waals surface area (Å²) < 4.78 is 11.7. The van der Waals surface area contributed by atoms with Gasteiger partial charge in [0.25, 0.3) is 0 Å². The van der Waals surface area contributed by atoms with Crippen molar-refractivity contribution >= 4 is 6.08 Å². The molecule has 2 aliphatic rings. The first kappa shape index (κ1) is 8.98. The summed E-state index contributed by atoms with van der Waals surface area (Å²) in [4.78, 5) is 0. The molecule has 1 spiro atoms. The predicted octanol–water partition coefficient (Wildman–Crippen LogP) is 2.99. The molecule has 2 aliphatic heterocycles. The zero-order valence-corrected chi connectivity index (χ0v) is 8.61. The van der Waals surface area contributed by atoms with Crippen LogP contribution in [-0.4, -0.2) is 12.4 Å². The molecule has 78 valence electrons. The Balaban J connectivity index is 1.94. The topological polar surface area (TPSA) is 18.5 Å². The molecule has 0 amide bonds. The fourth-order valence-electron chi connectivity index (χ4n) is 2.15. The van der Waals surface area contributed by atoms with Crippen molar-refractivity contribution in [2.24, 2.45) is 0 Å². The minimum absolute atomic E-state index is 0.480. The first-order valence-corrected chi connectivity index (χ1v) is 5.49. The summed E-state index contributed by atoms with van der Waals surface area (Å²) >= 11 is 0. The molecule has 15 heavy (non-hydrogen) atoms. The zero-order valence-electron chi connectivity index (χ0n) is 8.61. The van der Waals surface area contributed by atoms with E-state index in [4.69, 9.17) is 9.47 Å². The number of benzene rings is 1. The van der Waals surface area contributed by atoms with Gasteiger partial charge < -0.3 is 9.47 Å². The molecule has 2 nitrogen and oxygen atoms in total. The lowest BCUT2D eigenvalue weighted by atomic mass is 10.0. The summed E-state index contributed by atoms with van der Waals surface area (Å²) in [7, 11) is 0. The molecule has 1 aromatic rings. The number of hydrogen-bond donors (Lipinski definition) is 0. The molecule has 0 saturated carbocycles. The highest BCUT2D eigenvalue weighted by Gasteiger charge is 2.35. The molecule has 1 aromatic carbocycles. The van der Waals surface area contributed by atoms with Crippen LogP contribution in [0.1, 0.15) is 24.8 Å². The average Bonchev–Trinajstić information content (AvgIpc) is 2.30. The van der Waals surface area contributed by atoms with Gasteiger partial charge in [-0.1, -0.05) is 18.2 Å². The highest BCUT2D eigenvalue weighted by atomic mass is 16.7. The third-order valence-corrected chi connectivity index (χ3v) is 2.98. The van der Waals surface area contributed by atoms with E-state index in [0.29, 0.717) is 0 Å². The smallest absolute Gasteiger partial charge is 0.230 e. The Morgan fingerprint density at radius 2 is 2.07 bits per heavy atom. The summed E-state index contributed by atoms with van der Waals surface area (Å²) in [5.74, 6) is 0.453. The standard InChI is InChI=1S/C13H14O2/c1-2-6-12-11(5-1)7-9-13(15-12)8-3-4-10-14-13/h1-2,5-7,9H,3-4,8,10H2. The van der Waals surface area contributed by atoms with Crippen LogP contribution in [0.2, 0.25) is 0 Å². The van der Waals surface area contributed by atoms with Crippen molar-refractivity contribution in [1.82, 2.24) is 0 Å². The summed E-state index contributed by atoms with van der Waals surface area (Å²) in [6.07, 6.45) is 7.42. The molecule has 0 aliphatic carbocycles. The van der Waals surface area contributed by atoms with Crippen molar-refractivity contribution in [3.63, 3.8) is 0 Å². The quantitative estimate of drug-likeness (QED) is 0.644. The molecule has 1 atom stereocenters. The van der Waals surface area contributed by atoms with Gasteiger partial charge in [-0.25, -0.2) is 0 Å². The van der Waals surface area contributed by atoms with Gasteiger partial charge in [-0.3, -0.25) is 0 Å². The van der Waals surface area contributed by atoms with Crippen molar-refractivity contribution in [1.29, 1.82) is 0 Å². The number of rotatable bonds is 0. The molecular weight excluding hydrogens is 188 g/mol. The van der Waals surface area contributed by atoms with Crippen LogP contribution in [0.3, 0.4) is 0 Å². The summed E-state index contributed by atoms with van der Waals surface area (Å²) in [6, 6.07) is 8.07. The van der Waals surface area contributed by atoms with E-state index in [-0.39, 0.29) is 0 Å². The summed E-state index contributed by atoms with van der Waals surface area (Å²) in [5.41, 5.74) is 1.14. The second kappa shape index (κ2) is 3.38. The first-order chi connectivity index (χ1) is 7.38. The first-order valence-electron chi connectivity index (χ1n) is 5.49. The minimum Gasteiger partial charge on any atom is -0.458 e.